The lowest BCUT2D eigenvalue weighted by Gasteiger charge is -2.39. The summed E-state index contributed by atoms with van der Waals surface area (Å²) in [5.41, 5.74) is 0.432. The third-order valence-electron chi connectivity index (χ3n) is 5.23. The first-order valence-corrected chi connectivity index (χ1v) is 13.2. The maximum atomic E-state index is 13.2. The molecular weight excluding hydrogens is 336 g/mol. The molecule has 0 aromatic carbocycles. The van der Waals surface area contributed by atoms with Crippen molar-refractivity contribution in [2.75, 3.05) is 14.2 Å². The van der Waals surface area contributed by atoms with Crippen LogP contribution < -0.4 is 0 Å². The Morgan fingerprint density at radius 2 is 1.50 bits per heavy atom. The molecule has 0 heterocycles. The minimum absolute atomic E-state index is 0.102. The molecule has 1 unspecified atom stereocenters. The van der Waals surface area contributed by atoms with Gasteiger partial charge in [0, 0.05) is 14.2 Å². The van der Waals surface area contributed by atoms with E-state index in [2.05, 4.69) is 27.7 Å². The summed E-state index contributed by atoms with van der Waals surface area (Å²) in [6, 6.07) is 2.13. The van der Waals surface area contributed by atoms with Crippen LogP contribution in [-0.4, -0.2) is 37.8 Å². The number of carbonyl (C=O) groups excluding carboxylic acids is 1. The number of hydrogen-bond acceptors (Lipinski definition) is 4. The molecule has 4 nitrogen and oxygen atoms in total. The summed E-state index contributed by atoms with van der Waals surface area (Å²) in [6.45, 7) is 12.8. The second-order valence-electron chi connectivity index (χ2n) is 7.20. The average Bonchev–Trinajstić information content (AvgIpc) is 2.57. The normalized spacial score (nSPS) is 14.9. The molecule has 0 aliphatic carbocycles. The van der Waals surface area contributed by atoms with Crippen molar-refractivity contribution in [1.29, 1.82) is 0 Å². The predicted octanol–water partition coefficient (Wildman–Crippen LogP) is 5.44. The lowest BCUT2D eigenvalue weighted by Crippen LogP contribution is -2.49. The molecule has 0 spiro atoms. The van der Waals surface area contributed by atoms with Crippen LogP contribution in [0.3, 0.4) is 0 Å². The molecule has 0 saturated carbocycles. The number of carbonyl (C=O) groups is 1. The Balaban J connectivity index is 5.53. The highest BCUT2D eigenvalue weighted by atomic mass is 28.4. The first-order chi connectivity index (χ1) is 11.3. The zero-order valence-electron chi connectivity index (χ0n) is 17.2. The molecule has 0 amide bonds. The van der Waals surface area contributed by atoms with E-state index in [-0.39, 0.29) is 5.97 Å². The molecule has 24 heavy (non-hydrogen) atoms. The van der Waals surface area contributed by atoms with Crippen LogP contribution >= 0.6 is 0 Å². The lowest BCUT2D eigenvalue weighted by atomic mass is 10.1. The molecule has 0 rings (SSSR count). The van der Waals surface area contributed by atoms with Crippen LogP contribution in [0.25, 0.3) is 0 Å². The molecular formula is C18H39O4Si2. The van der Waals surface area contributed by atoms with Crippen LogP contribution in [0.4, 0.5) is 0 Å². The standard InChI is InChI=1S/C18H39O4Si2/c1-9-12-14-24(16(4)5,15-13-10-2)22-17(19)18(6,11-3)23(20-7)21-8/h16H,9-15H2,1-8H3. The van der Waals surface area contributed by atoms with E-state index in [0.717, 1.165) is 37.8 Å². The number of unbranched alkanes of at least 4 members (excludes halogenated alkanes) is 2. The third kappa shape index (κ3) is 5.97. The SMILES string of the molecule is CCCC[Si](CCCC)(OC(=O)C(C)(CC)[Si](OC)OC)C(C)C. The van der Waals surface area contributed by atoms with Crippen molar-refractivity contribution >= 4 is 23.6 Å². The van der Waals surface area contributed by atoms with Crippen LogP contribution in [-0.2, 0) is 18.1 Å². The molecule has 0 aliphatic heterocycles. The molecule has 0 saturated heterocycles. The van der Waals surface area contributed by atoms with Gasteiger partial charge in [-0.15, -0.1) is 0 Å². The van der Waals surface area contributed by atoms with E-state index in [0.29, 0.717) is 12.0 Å². The van der Waals surface area contributed by atoms with E-state index >= 15 is 0 Å². The van der Waals surface area contributed by atoms with E-state index in [9.17, 15) is 4.79 Å². The minimum Gasteiger partial charge on any atom is -0.518 e. The Kier molecular flexibility index (Phi) is 11.4. The van der Waals surface area contributed by atoms with Gasteiger partial charge in [0.25, 0.3) is 14.3 Å². The Hall–Kier alpha value is -0.176. The average molecular weight is 376 g/mol. The zero-order chi connectivity index (χ0) is 18.8. The van der Waals surface area contributed by atoms with Crippen molar-refractivity contribution in [2.45, 2.75) is 96.3 Å². The smallest absolute Gasteiger partial charge is 0.402 e. The molecule has 0 fully saturated rings. The fourth-order valence-corrected chi connectivity index (χ4v) is 9.10. The molecule has 6 heteroatoms. The fourth-order valence-electron chi connectivity index (χ4n) is 3.08. The van der Waals surface area contributed by atoms with Gasteiger partial charge in [-0.3, -0.25) is 4.79 Å². The van der Waals surface area contributed by atoms with Gasteiger partial charge in [-0.2, -0.15) is 0 Å². The first kappa shape index (κ1) is 23.8. The van der Waals surface area contributed by atoms with Gasteiger partial charge in [-0.05, 0) is 31.0 Å². The molecule has 1 radical (unpaired) electrons. The number of hydrogen-bond donors (Lipinski definition) is 0. The van der Waals surface area contributed by atoms with Crippen LogP contribution in [0.15, 0.2) is 0 Å². The van der Waals surface area contributed by atoms with Crippen LogP contribution in [0.1, 0.15) is 73.6 Å². The monoisotopic (exact) mass is 375 g/mol. The molecule has 143 valence electrons. The van der Waals surface area contributed by atoms with Gasteiger partial charge in [0.05, 0.1) is 0 Å². The summed E-state index contributed by atoms with van der Waals surface area (Å²) >= 11 is 0. The molecule has 0 aromatic heterocycles. The lowest BCUT2D eigenvalue weighted by molar-refractivity contribution is -0.139. The first-order valence-electron chi connectivity index (χ1n) is 9.46. The van der Waals surface area contributed by atoms with Crippen molar-refractivity contribution in [3.8, 4) is 0 Å². The van der Waals surface area contributed by atoms with Gasteiger partial charge in [0.1, 0.15) is 5.04 Å². The van der Waals surface area contributed by atoms with Crippen molar-refractivity contribution in [3.05, 3.63) is 0 Å². The maximum Gasteiger partial charge on any atom is 0.402 e. The third-order valence-corrected chi connectivity index (χ3v) is 12.5. The Morgan fingerprint density at radius 1 is 1.04 bits per heavy atom. The highest BCUT2D eigenvalue weighted by Crippen LogP contribution is 2.41. The summed E-state index contributed by atoms with van der Waals surface area (Å²) in [6.07, 6.45) is 5.22. The van der Waals surface area contributed by atoms with Gasteiger partial charge in [0.2, 0.25) is 0 Å². The summed E-state index contributed by atoms with van der Waals surface area (Å²) in [5.74, 6) is -0.102. The second-order valence-corrected chi connectivity index (χ2v) is 14.2. The van der Waals surface area contributed by atoms with E-state index < -0.39 is 22.6 Å². The highest BCUT2D eigenvalue weighted by Gasteiger charge is 2.50. The van der Waals surface area contributed by atoms with Crippen LogP contribution in [0.2, 0.25) is 22.7 Å². The minimum atomic E-state index is -2.12. The summed E-state index contributed by atoms with van der Waals surface area (Å²) in [4.78, 5) is 13.2. The predicted molar refractivity (Wildman–Crippen MR) is 105 cm³/mol. The van der Waals surface area contributed by atoms with E-state index in [4.69, 9.17) is 13.3 Å². The van der Waals surface area contributed by atoms with Crippen LogP contribution in [0, 0.1) is 0 Å². The van der Waals surface area contributed by atoms with Gasteiger partial charge in [-0.25, -0.2) is 0 Å². The molecule has 0 N–H and O–H groups in total. The van der Waals surface area contributed by atoms with Crippen LogP contribution in [0.5, 0.6) is 0 Å². The topological polar surface area (TPSA) is 44.8 Å². The quantitative estimate of drug-likeness (QED) is 0.402. The summed E-state index contributed by atoms with van der Waals surface area (Å²) in [5, 5.41) is -0.667. The Bertz CT molecular complexity index is 351. The van der Waals surface area contributed by atoms with Gasteiger partial charge in [-0.1, -0.05) is 60.3 Å². The van der Waals surface area contributed by atoms with Crippen molar-refractivity contribution in [3.63, 3.8) is 0 Å². The number of rotatable bonds is 13. The summed E-state index contributed by atoms with van der Waals surface area (Å²) < 4.78 is 17.4. The van der Waals surface area contributed by atoms with Crippen molar-refractivity contribution in [2.24, 2.45) is 0 Å². The fraction of sp³-hybridized carbons (Fsp3) is 0.944. The van der Waals surface area contributed by atoms with Crippen molar-refractivity contribution in [1.82, 2.24) is 0 Å². The van der Waals surface area contributed by atoms with Gasteiger partial charge >= 0.3 is 9.28 Å². The van der Waals surface area contributed by atoms with E-state index in [1.54, 1.807) is 14.2 Å². The van der Waals surface area contributed by atoms with E-state index in [1.165, 1.54) is 0 Å². The molecule has 1 atom stereocenters. The van der Waals surface area contributed by atoms with Gasteiger partial charge in [0.15, 0.2) is 0 Å². The zero-order valence-corrected chi connectivity index (χ0v) is 19.2. The maximum absolute atomic E-state index is 13.2. The van der Waals surface area contributed by atoms with E-state index in [1.807, 2.05) is 13.8 Å². The van der Waals surface area contributed by atoms with Crippen molar-refractivity contribution < 1.29 is 18.1 Å². The largest absolute Gasteiger partial charge is 0.518 e. The molecule has 0 aromatic rings. The Morgan fingerprint density at radius 3 is 1.79 bits per heavy atom. The molecule has 0 aliphatic rings. The highest BCUT2D eigenvalue weighted by molar-refractivity contribution is 6.77. The van der Waals surface area contributed by atoms with Gasteiger partial charge < -0.3 is 13.3 Å². The summed E-state index contributed by atoms with van der Waals surface area (Å²) in [7, 11) is -0.569. The second kappa shape index (κ2) is 11.4. The Labute approximate surface area is 152 Å². The molecule has 0 bridgehead atoms.